The molecule has 33 heavy (non-hydrogen) atoms. The first-order valence-corrected chi connectivity index (χ1v) is 12.0. The van der Waals surface area contributed by atoms with Crippen LogP contribution in [-0.2, 0) is 18.3 Å². The fraction of sp³-hybridized carbons (Fsp3) is 0.500. The van der Waals surface area contributed by atoms with Crippen molar-refractivity contribution in [2.45, 2.75) is 51.0 Å². The lowest BCUT2D eigenvalue weighted by atomic mass is 9.95. The van der Waals surface area contributed by atoms with Gasteiger partial charge in [-0.1, -0.05) is 12.1 Å². The van der Waals surface area contributed by atoms with E-state index < -0.39 is 0 Å². The first-order valence-electron chi connectivity index (χ1n) is 12.0. The molecule has 7 heteroatoms. The van der Waals surface area contributed by atoms with Gasteiger partial charge in [-0.25, -0.2) is 0 Å². The third kappa shape index (κ3) is 5.83. The first-order chi connectivity index (χ1) is 16.0. The van der Waals surface area contributed by atoms with Crippen LogP contribution in [0.3, 0.4) is 0 Å². The Kier molecular flexibility index (Phi) is 7.47. The van der Waals surface area contributed by atoms with E-state index in [-0.39, 0.29) is 23.4 Å². The average molecular weight is 452 g/mol. The molecule has 2 aromatic rings. The third-order valence-corrected chi connectivity index (χ3v) is 6.68. The number of hydrogen-bond acceptors (Lipinski definition) is 4. The minimum absolute atomic E-state index is 0.157. The van der Waals surface area contributed by atoms with E-state index in [1.165, 1.54) is 22.6 Å². The summed E-state index contributed by atoms with van der Waals surface area (Å²) in [7, 11) is 1.63. The Labute approximate surface area is 194 Å². The largest absolute Gasteiger partial charge is 0.492 e. The van der Waals surface area contributed by atoms with Crippen LogP contribution in [-0.4, -0.2) is 58.5 Å². The van der Waals surface area contributed by atoms with Gasteiger partial charge in [0.05, 0.1) is 12.1 Å². The number of carbonyl (C=O) groups excluding carboxylic acids is 2. The predicted octanol–water partition coefficient (Wildman–Crippen LogP) is 3.01. The molecule has 2 bridgehead atoms. The molecule has 1 fully saturated rings. The predicted molar refractivity (Wildman–Crippen MR) is 126 cm³/mol. The Balaban J connectivity index is 1.54. The van der Waals surface area contributed by atoms with Gasteiger partial charge >= 0.3 is 0 Å². The molecule has 1 unspecified atom stereocenters. The number of amides is 2. The highest BCUT2D eigenvalue weighted by Crippen LogP contribution is 2.24. The third-order valence-electron chi connectivity index (χ3n) is 6.68. The van der Waals surface area contributed by atoms with Crippen molar-refractivity contribution >= 4 is 11.8 Å². The number of benzene rings is 1. The molecule has 1 aromatic carbocycles. The van der Waals surface area contributed by atoms with Crippen molar-refractivity contribution < 1.29 is 14.3 Å². The summed E-state index contributed by atoms with van der Waals surface area (Å²) in [6, 6.07) is 11.4. The summed E-state index contributed by atoms with van der Waals surface area (Å²) < 4.78 is 7.39. The summed E-state index contributed by atoms with van der Waals surface area (Å²) in [5, 5.41) is 0. The van der Waals surface area contributed by atoms with E-state index >= 15 is 0 Å². The van der Waals surface area contributed by atoms with E-state index in [1.54, 1.807) is 24.2 Å². The first kappa shape index (κ1) is 23.1. The SMILES string of the molecule is Cn1cc(C(=O)N2CCCC(=O)N3CCCCC3CCc3cccc(c3)OCC2)ccc1=O. The number of ether oxygens (including phenoxy) is 1. The summed E-state index contributed by atoms with van der Waals surface area (Å²) in [6.07, 6.45) is 7.76. The molecule has 1 aromatic heterocycles. The van der Waals surface area contributed by atoms with Crippen LogP contribution in [0.5, 0.6) is 5.75 Å². The Bertz CT molecular complexity index is 1050. The number of carbonyl (C=O) groups is 2. The summed E-state index contributed by atoms with van der Waals surface area (Å²) in [4.78, 5) is 41.8. The molecule has 2 aliphatic rings. The van der Waals surface area contributed by atoms with Crippen LogP contribution < -0.4 is 10.3 Å². The highest BCUT2D eigenvalue weighted by molar-refractivity contribution is 5.94. The smallest absolute Gasteiger partial charge is 0.255 e. The molecule has 0 N–H and O–H groups in total. The van der Waals surface area contributed by atoms with E-state index in [2.05, 4.69) is 17.0 Å². The maximum atomic E-state index is 13.2. The van der Waals surface area contributed by atoms with Gasteiger partial charge in [0, 0.05) is 44.9 Å². The van der Waals surface area contributed by atoms with Crippen LogP contribution in [0.1, 0.15) is 54.4 Å². The average Bonchev–Trinajstić information content (AvgIpc) is 2.83. The molecule has 3 heterocycles. The van der Waals surface area contributed by atoms with Gasteiger partial charge in [0.25, 0.3) is 5.91 Å². The zero-order valence-electron chi connectivity index (χ0n) is 19.4. The number of piperidine rings is 1. The zero-order valence-corrected chi connectivity index (χ0v) is 19.4. The van der Waals surface area contributed by atoms with E-state index in [4.69, 9.17) is 4.74 Å². The normalized spacial score (nSPS) is 20.3. The zero-order chi connectivity index (χ0) is 23.2. The van der Waals surface area contributed by atoms with Gasteiger partial charge in [0.2, 0.25) is 11.5 Å². The van der Waals surface area contributed by atoms with Gasteiger partial charge in [-0.3, -0.25) is 14.4 Å². The van der Waals surface area contributed by atoms with Crippen molar-refractivity contribution in [3.8, 4) is 5.75 Å². The summed E-state index contributed by atoms with van der Waals surface area (Å²) >= 11 is 0. The number of nitrogens with zero attached hydrogens (tertiary/aromatic N) is 3. The standard InChI is InChI=1S/C26H33N3O4/c1-27-19-21(11-13-24(27)30)26(32)28-14-5-9-25(31)29-15-3-2-7-22(29)12-10-20-6-4-8-23(18-20)33-17-16-28/h4,6,8,11,13,18-19,22H,2-3,5,7,9-10,12,14-17H2,1H3. The molecule has 2 aliphatic heterocycles. The number of aromatic nitrogens is 1. The molecule has 0 radical (unpaired) electrons. The van der Waals surface area contributed by atoms with Crippen LogP contribution in [0.25, 0.3) is 0 Å². The number of fused-ring (bicyclic) bond motifs is 3. The molecule has 7 nitrogen and oxygen atoms in total. The molecule has 0 spiro atoms. The number of rotatable bonds is 1. The second-order valence-electron chi connectivity index (χ2n) is 9.03. The molecule has 176 valence electrons. The fourth-order valence-corrected chi connectivity index (χ4v) is 4.81. The topological polar surface area (TPSA) is 71.8 Å². The lowest BCUT2D eigenvalue weighted by molar-refractivity contribution is -0.135. The van der Waals surface area contributed by atoms with Gasteiger partial charge < -0.3 is 19.1 Å². The van der Waals surface area contributed by atoms with Gasteiger partial charge in [-0.2, -0.15) is 0 Å². The van der Waals surface area contributed by atoms with Crippen molar-refractivity contribution in [1.82, 2.24) is 14.4 Å². The van der Waals surface area contributed by atoms with Crippen LogP contribution >= 0.6 is 0 Å². The Hall–Kier alpha value is -3.09. The van der Waals surface area contributed by atoms with Crippen molar-refractivity contribution in [1.29, 1.82) is 0 Å². The van der Waals surface area contributed by atoms with Gasteiger partial charge in [0.15, 0.2) is 0 Å². The Morgan fingerprint density at radius 2 is 1.85 bits per heavy atom. The second kappa shape index (κ2) is 10.7. The van der Waals surface area contributed by atoms with Gasteiger partial charge in [-0.05, 0) is 62.3 Å². The Morgan fingerprint density at radius 1 is 0.970 bits per heavy atom. The highest BCUT2D eigenvalue weighted by atomic mass is 16.5. The van der Waals surface area contributed by atoms with Crippen LogP contribution in [0.2, 0.25) is 0 Å². The van der Waals surface area contributed by atoms with Crippen LogP contribution in [0, 0.1) is 0 Å². The highest BCUT2D eigenvalue weighted by Gasteiger charge is 2.26. The molecule has 0 aliphatic carbocycles. The van der Waals surface area contributed by atoms with Crippen molar-refractivity contribution in [2.24, 2.45) is 7.05 Å². The summed E-state index contributed by atoms with van der Waals surface area (Å²) in [5.74, 6) is 0.832. The van der Waals surface area contributed by atoms with Crippen molar-refractivity contribution in [3.63, 3.8) is 0 Å². The maximum Gasteiger partial charge on any atom is 0.255 e. The Morgan fingerprint density at radius 3 is 2.70 bits per heavy atom. The van der Waals surface area contributed by atoms with Gasteiger partial charge in [0.1, 0.15) is 12.4 Å². The molecular weight excluding hydrogens is 418 g/mol. The van der Waals surface area contributed by atoms with E-state index in [0.29, 0.717) is 38.1 Å². The van der Waals surface area contributed by atoms with Crippen molar-refractivity contribution in [3.05, 3.63) is 64.1 Å². The second-order valence-corrected chi connectivity index (χ2v) is 9.03. The van der Waals surface area contributed by atoms with E-state index in [9.17, 15) is 14.4 Å². The number of aryl methyl sites for hydroxylation is 2. The van der Waals surface area contributed by atoms with Crippen LogP contribution in [0.4, 0.5) is 0 Å². The molecule has 1 atom stereocenters. The summed E-state index contributed by atoms with van der Waals surface area (Å²) in [5.41, 5.74) is 1.51. The molecule has 0 saturated carbocycles. The quantitative estimate of drug-likeness (QED) is 0.668. The fourth-order valence-electron chi connectivity index (χ4n) is 4.81. The molecule has 4 rings (SSSR count). The number of hydrogen-bond donors (Lipinski definition) is 0. The van der Waals surface area contributed by atoms with E-state index in [0.717, 1.165) is 38.0 Å². The minimum atomic E-state index is -0.159. The summed E-state index contributed by atoms with van der Waals surface area (Å²) in [6.45, 7) is 2.07. The lowest BCUT2D eigenvalue weighted by Crippen LogP contribution is -2.44. The minimum Gasteiger partial charge on any atom is -0.492 e. The van der Waals surface area contributed by atoms with Gasteiger partial charge in [-0.15, -0.1) is 0 Å². The monoisotopic (exact) mass is 451 g/mol. The van der Waals surface area contributed by atoms with Crippen molar-refractivity contribution in [2.75, 3.05) is 26.2 Å². The molecule has 1 saturated heterocycles. The molecule has 2 amide bonds. The maximum absolute atomic E-state index is 13.2. The lowest BCUT2D eigenvalue weighted by Gasteiger charge is -2.36. The number of pyridine rings is 1. The van der Waals surface area contributed by atoms with Crippen LogP contribution in [0.15, 0.2) is 47.4 Å². The molecular formula is C26H33N3O4. The van der Waals surface area contributed by atoms with E-state index in [1.807, 2.05) is 12.1 Å².